The fraction of sp³-hybridized carbons (Fsp3) is 0.100. The number of phenols is 1. The summed E-state index contributed by atoms with van der Waals surface area (Å²) in [5.74, 6) is -0.915. The van der Waals surface area contributed by atoms with Gasteiger partial charge in [-0.15, -0.1) is 0 Å². The van der Waals surface area contributed by atoms with Gasteiger partial charge in [0.05, 0.1) is 5.52 Å². The smallest absolute Gasteiger partial charge is 0.352 e. The van der Waals surface area contributed by atoms with Crippen LogP contribution in [0.15, 0.2) is 18.2 Å². The summed E-state index contributed by atoms with van der Waals surface area (Å²) >= 11 is 0. The molecule has 0 atom stereocenters. The minimum atomic E-state index is -1.02. The second-order valence-corrected chi connectivity index (χ2v) is 3.13. The van der Waals surface area contributed by atoms with Gasteiger partial charge >= 0.3 is 5.97 Å². The van der Waals surface area contributed by atoms with Crippen LogP contribution in [0, 0.1) is 6.92 Å². The third-order valence-electron chi connectivity index (χ3n) is 2.27. The van der Waals surface area contributed by atoms with Crippen LogP contribution in [0.2, 0.25) is 0 Å². The van der Waals surface area contributed by atoms with E-state index in [1.807, 2.05) is 0 Å². The van der Waals surface area contributed by atoms with Gasteiger partial charge in [-0.25, -0.2) is 4.79 Å². The Morgan fingerprint density at radius 2 is 2.14 bits per heavy atom. The largest absolute Gasteiger partial charge is 0.507 e. The summed E-state index contributed by atoms with van der Waals surface area (Å²) in [5.41, 5.74) is 1.33. The monoisotopic (exact) mass is 191 g/mol. The molecular formula is C10H9NO3. The number of aromatic nitrogens is 1. The average Bonchev–Trinajstić information content (AvgIpc) is 2.45. The number of hydrogen-bond acceptors (Lipinski definition) is 2. The Bertz CT molecular complexity index is 513. The van der Waals surface area contributed by atoms with E-state index < -0.39 is 5.97 Å². The van der Waals surface area contributed by atoms with E-state index in [-0.39, 0.29) is 11.4 Å². The number of rotatable bonds is 1. The van der Waals surface area contributed by atoms with Crippen molar-refractivity contribution in [3.05, 3.63) is 29.5 Å². The lowest BCUT2D eigenvalue weighted by atomic mass is 10.1. The maximum Gasteiger partial charge on any atom is 0.352 e. The van der Waals surface area contributed by atoms with Crippen LogP contribution >= 0.6 is 0 Å². The van der Waals surface area contributed by atoms with E-state index in [9.17, 15) is 9.90 Å². The number of aromatic hydroxyl groups is 1. The first-order chi connectivity index (χ1) is 6.61. The molecule has 14 heavy (non-hydrogen) atoms. The number of carboxylic acid groups (broad SMARTS) is 1. The van der Waals surface area contributed by atoms with Crippen LogP contribution in [0.25, 0.3) is 10.9 Å². The van der Waals surface area contributed by atoms with Crippen molar-refractivity contribution < 1.29 is 15.0 Å². The summed E-state index contributed by atoms with van der Waals surface area (Å²) in [4.78, 5) is 13.5. The van der Waals surface area contributed by atoms with Gasteiger partial charge in [0.1, 0.15) is 11.4 Å². The summed E-state index contributed by atoms with van der Waals surface area (Å²) in [6, 6.07) is 4.93. The molecule has 1 aromatic carbocycles. The molecule has 0 fully saturated rings. The number of aryl methyl sites for hydroxylation is 1. The molecule has 0 aliphatic carbocycles. The molecule has 0 bridgehead atoms. The third kappa shape index (κ3) is 1.04. The molecule has 2 rings (SSSR count). The molecule has 1 heterocycles. The second-order valence-electron chi connectivity index (χ2n) is 3.13. The standard InChI is InChI=1S/C10H9NO3/c1-5-8-6(3-2-4-7(8)12)11-9(5)10(13)14/h2-4,11-12H,1H3,(H,13,14). The first-order valence-electron chi connectivity index (χ1n) is 4.15. The van der Waals surface area contributed by atoms with Gasteiger partial charge in [0.2, 0.25) is 0 Å². The number of H-pyrrole nitrogens is 1. The van der Waals surface area contributed by atoms with E-state index in [1.165, 1.54) is 6.07 Å². The molecule has 1 aromatic heterocycles. The highest BCUT2D eigenvalue weighted by atomic mass is 16.4. The van der Waals surface area contributed by atoms with Gasteiger partial charge in [0.15, 0.2) is 0 Å². The average molecular weight is 191 g/mol. The SMILES string of the molecule is Cc1c(C(=O)O)[nH]c2cccc(O)c12. The third-order valence-corrected chi connectivity index (χ3v) is 2.27. The molecule has 0 amide bonds. The van der Waals surface area contributed by atoms with E-state index in [4.69, 9.17) is 5.11 Å². The predicted molar refractivity (Wildman–Crippen MR) is 51.7 cm³/mol. The van der Waals surface area contributed by atoms with Crippen LogP contribution in [0.3, 0.4) is 0 Å². The normalized spacial score (nSPS) is 10.6. The van der Waals surface area contributed by atoms with Crippen LogP contribution < -0.4 is 0 Å². The molecule has 0 aliphatic heterocycles. The summed E-state index contributed by atoms with van der Waals surface area (Å²) in [7, 11) is 0. The Hall–Kier alpha value is -1.97. The second kappa shape index (κ2) is 2.77. The predicted octanol–water partition coefficient (Wildman–Crippen LogP) is 1.88. The van der Waals surface area contributed by atoms with Crippen molar-refractivity contribution >= 4 is 16.9 Å². The zero-order valence-electron chi connectivity index (χ0n) is 7.53. The highest BCUT2D eigenvalue weighted by Gasteiger charge is 2.15. The molecular weight excluding hydrogens is 182 g/mol. The van der Waals surface area contributed by atoms with Crippen LogP contribution in [0.5, 0.6) is 5.75 Å². The number of nitrogens with one attached hydrogen (secondary N) is 1. The van der Waals surface area contributed by atoms with E-state index in [0.29, 0.717) is 16.5 Å². The van der Waals surface area contributed by atoms with E-state index in [1.54, 1.807) is 19.1 Å². The zero-order valence-corrected chi connectivity index (χ0v) is 7.53. The molecule has 3 N–H and O–H groups in total. The lowest BCUT2D eigenvalue weighted by Crippen LogP contribution is -1.97. The number of phenolic OH excluding ortho intramolecular Hbond substituents is 1. The van der Waals surface area contributed by atoms with Crippen molar-refractivity contribution in [2.24, 2.45) is 0 Å². The Morgan fingerprint density at radius 1 is 1.43 bits per heavy atom. The van der Waals surface area contributed by atoms with Crippen molar-refractivity contribution in [2.45, 2.75) is 6.92 Å². The molecule has 4 nitrogen and oxygen atoms in total. The summed E-state index contributed by atoms with van der Waals surface area (Å²) in [6.45, 7) is 1.67. The van der Waals surface area contributed by atoms with Crippen LogP contribution in [0.1, 0.15) is 16.1 Å². The molecule has 4 heteroatoms. The molecule has 0 aliphatic rings. The van der Waals surface area contributed by atoms with E-state index >= 15 is 0 Å². The number of benzene rings is 1. The molecule has 0 radical (unpaired) electrons. The summed E-state index contributed by atoms with van der Waals surface area (Å²) < 4.78 is 0. The maximum atomic E-state index is 10.8. The minimum absolute atomic E-state index is 0.101. The van der Waals surface area contributed by atoms with Gasteiger partial charge in [-0.3, -0.25) is 0 Å². The first kappa shape index (κ1) is 8.62. The van der Waals surface area contributed by atoms with E-state index in [2.05, 4.69) is 4.98 Å². The van der Waals surface area contributed by atoms with Gasteiger partial charge in [0.25, 0.3) is 0 Å². The summed E-state index contributed by atoms with van der Waals surface area (Å²) in [6.07, 6.45) is 0. The number of hydrogen-bond donors (Lipinski definition) is 3. The number of carbonyl (C=O) groups is 1. The Labute approximate surface area is 79.8 Å². The Morgan fingerprint density at radius 3 is 2.71 bits per heavy atom. The zero-order chi connectivity index (χ0) is 10.3. The first-order valence-corrected chi connectivity index (χ1v) is 4.15. The molecule has 0 spiro atoms. The highest BCUT2D eigenvalue weighted by molar-refractivity contribution is 5.99. The van der Waals surface area contributed by atoms with Crippen LogP contribution in [-0.4, -0.2) is 21.2 Å². The highest BCUT2D eigenvalue weighted by Crippen LogP contribution is 2.29. The van der Waals surface area contributed by atoms with Gasteiger partial charge in [-0.2, -0.15) is 0 Å². The number of aromatic amines is 1. The van der Waals surface area contributed by atoms with E-state index in [0.717, 1.165) is 0 Å². The van der Waals surface area contributed by atoms with Crippen molar-refractivity contribution in [3.8, 4) is 5.75 Å². The fourth-order valence-corrected chi connectivity index (χ4v) is 1.61. The molecule has 2 aromatic rings. The molecule has 0 unspecified atom stereocenters. The summed E-state index contributed by atoms with van der Waals surface area (Å²) in [5, 5.41) is 19.0. The van der Waals surface area contributed by atoms with Crippen molar-refractivity contribution in [3.63, 3.8) is 0 Å². The van der Waals surface area contributed by atoms with Gasteiger partial charge < -0.3 is 15.2 Å². The minimum Gasteiger partial charge on any atom is -0.507 e. The van der Waals surface area contributed by atoms with Crippen molar-refractivity contribution in [1.82, 2.24) is 4.98 Å². The fourth-order valence-electron chi connectivity index (χ4n) is 1.61. The van der Waals surface area contributed by atoms with Gasteiger partial charge in [0, 0.05) is 5.39 Å². The Balaban J connectivity index is 2.87. The lowest BCUT2D eigenvalue weighted by molar-refractivity contribution is 0.0691. The Kier molecular flexibility index (Phi) is 1.70. The molecule has 72 valence electrons. The van der Waals surface area contributed by atoms with Gasteiger partial charge in [-0.05, 0) is 24.6 Å². The maximum absolute atomic E-state index is 10.8. The van der Waals surface area contributed by atoms with Crippen molar-refractivity contribution in [1.29, 1.82) is 0 Å². The quantitative estimate of drug-likeness (QED) is 0.644. The van der Waals surface area contributed by atoms with Gasteiger partial charge in [-0.1, -0.05) is 6.07 Å². The molecule has 0 saturated carbocycles. The lowest BCUT2D eigenvalue weighted by Gasteiger charge is -1.94. The number of aromatic carboxylic acids is 1. The number of fused-ring (bicyclic) bond motifs is 1. The van der Waals surface area contributed by atoms with Crippen LogP contribution in [0.4, 0.5) is 0 Å². The molecule has 0 saturated heterocycles. The van der Waals surface area contributed by atoms with Crippen molar-refractivity contribution in [2.75, 3.05) is 0 Å². The number of carboxylic acids is 1. The topological polar surface area (TPSA) is 73.3 Å². The van der Waals surface area contributed by atoms with Crippen LogP contribution in [-0.2, 0) is 0 Å².